The Bertz CT molecular complexity index is 439. The number of aliphatic hydroxyl groups is 1. The van der Waals surface area contributed by atoms with Gasteiger partial charge in [-0.1, -0.05) is 0 Å². The van der Waals surface area contributed by atoms with Crippen LogP contribution in [0.5, 0.6) is 0 Å². The fourth-order valence-electron chi connectivity index (χ4n) is 1.24. The van der Waals surface area contributed by atoms with Gasteiger partial charge in [-0.25, -0.2) is 9.07 Å². The fourth-order valence-corrected chi connectivity index (χ4v) is 1.24. The molecule has 14 heavy (non-hydrogen) atoms. The number of aliphatic hydroxyl groups excluding tert-OH is 1. The van der Waals surface area contributed by atoms with Gasteiger partial charge in [-0.3, -0.25) is 0 Å². The molecular weight excluding hydrogens is 183 g/mol. The number of benzene rings is 1. The van der Waals surface area contributed by atoms with Gasteiger partial charge in [-0.15, -0.1) is 0 Å². The summed E-state index contributed by atoms with van der Waals surface area (Å²) in [7, 11) is 0. The van der Waals surface area contributed by atoms with Crippen LogP contribution < -0.4 is 0 Å². The minimum atomic E-state index is -0.443. The van der Waals surface area contributed by atoms with Crippen LogP contribution in [0.2, 0.25) is 0 Å². The second-order valence-corrected chi connectivity index (χ2v) is 2.79. The summed E-state index contributed by atoms with van der Waals surface area (Å²) in [6.07, 6.45) is 1.56. The van der Waals surface area contributed by atoms with E-state index in [1.165, 1.54) is 16.8 Å². The average molecular weight is 191 g/mol. The SMILES string of the molecule is OCc1ccnn1-c1cc[c]c(F)c1. The first kappa shape index (κ1) is 8.90. The topological polar surface area (TPSA) is 38.1 Å². The molecule has 0 saturated heterocycles. The first-order valence-corrected chi connectivity index (χ1v) is 4.12. The Kier molecular flexibility index (Phi) is 2.28. The molecule has 1 aromatic heterocycles. The molecule has 0 amide bonds. The minimum Gasteiger partial charge on any atom is -0.390 e. The number of rotatable bonds is 2. The predicted molar refractivity (Wildman–Crippen MR) is 48.3 cm³/mol. The van der Waals surface area contributed by atoms with Crippen molar-refractivity contribution in [2.75, 3.05) is 0 Å². The van der Waals surface area contributed by atoms with Crippen molar-refractivity contribution >= 4 is 0 Å². The molecule has 0 atom stereocenters. The lowest BCUT2D eigenvalue weighted by Gasteiger charge is -2.04. The number of hydrogen-bond donors (Lipinski definition) is 1. The van der Waals surface area contributed by atoms with Crippen molar-refractivity contribution in [2.45, 2.75) is 6.61 Å². The Labute approximate surface area is 80.4 Å². The zero-order chi connectivity index (χ0) is 9.97. The van der Waals surface area contributed by atoms with Gasteiger partial charge in [-0.05, 0) is 18.2 Å². The first-order chi connectivity index (χ1) is 6.81. The van der Waals surface area contributed by atoms with Crippen LogP contribution in [0.25, 0.3) is 5.69 Å². The van der Waals surface area contributed by atoms with Crippen molar-refractivity contribution < 1.29 is 9.50 Å². The summed E-state index contributed by atoms with van der Waals surface area (Å²) < 4.78 is 14.3. The molecule has 0 saturated carbocycles. The molecule has 0 aliphatic heterocycles. The smallest absolute Gasteiger partial charge is 0.133 e. The van der Waals surface area contributed by atoms with Crippen molar-refractivity contribution in [3.05, 3.63) is 48.0 Å². The normalized spacial score (nSPS) is 10.4. The Morgan fingerprint density at radius 1 is 1.50 bits per heavy atom. The van der Waals surface area contributed by atoms with E-state index in [9.17, 15) is 4.39 Å². The number of aromatic nitrogens is 2. The molecule has 0 aliphatic carbocycles. The summed E-state index contributed by atoms with van der Waals surface area (Å²) in [5.41, 5.74) is 1.20. The van der Waals surface area contributed by atoms with Crippen LogP contribution in [0, 0.1) is 11.9 Å². The lowest BCUT2D eigenvalue weighted by Crippen LogP contribution is -2.01. The molecule has 0 bridgehead atoms. The van der Waals surface area contributed by atoms with E-state index in [0.29, 0.717) is 11.4 Å². The van der Waals surface area contributed by atoms with Crippen molar-refractivity contribution in [1.82, 2.24) is 9.78 Å². The maximum Gasteiger partial charge on any atom is 0.133 e. The molecule has 71 valence electrons. The third-order valence-corrected chi connectivity index (χ3v) is 1.88. The third kappa shape index (κ3) is 1.52. The molecule has 0 aliphatic rings. The molecule has 1 aromatic carbocycles. The van der Waals surface area contributed by atoms with Crippen molar-refractivity contribution in [1.29, 1.82) is 0 Å². The van der Waals surface area contributed by atoms with Crippen molar-refractivity contribution in [3.8, 4) is 5.69 Å². The van der Waals surface area contributed by atoms with Crippen LogP contribution in [0.15, 0.2) is 30.5 Å². The van der Waals surface area contributed by atoms with Gasteiger partial charge >= 0.3 is 0 Å². The summed E-state index contributed by atoms with van der Waals surface area (Å²) in [5.74, 6) is -0.443. The zero-order valence-corrected chi connectivity index (χ0v) is 7.31. The quantitative estimate of drug-likeness (QED) is 0.777. The Balaban J connectivity index is 2.49. The fraction of sp³-hybridized carbons (Fsp3) is 0.100. The summed E-state index contributed by atoms with van der Waals surface area (Å²) in [5, 5.41) is 13.0. The highest BCUT2D eigenvalue weighted by Crippen LogP contribution is 2.11. The second kappa shape index (κ2) is 3.59. The van der Waals surface area contributed by atoms with Crippen LogP contribution in [-0.4, -0.2) is 14.9 Å². The lowest BCUT2D eigenvalue weighted by atomic mass is 10.3. The summed E-state index contributed by atoms with van der Waals surface area (Å²) in [6.45, 7) is -0.125. The monoisotopic (exact) mass is 191 g/mol. The molecular formula is C10H8FN2O. The van der Waals surface area contributed by atoms with Gasteiger partial charge in [0, 0.05) is 18.3 Å². The predicted octanol–water partition coefficient (Wildman–Crippen LogP) is 1.30. The van der Waals surface area contributed by atoms with Crippen LogP contribution in [0.4, 0.5) is 4.39 Å². The highest BCUT2D eigenvalue weighted by atomic mass is 19.1. The molecule has 0 fully saturated rings. The van der Waals surface area contributed by atoms with Crippen LogP contribution in [0.3, 0.4) is 0 Å². The molecule has 0 unspecified atom stereocenters. The van der Waals surface area contributed by atoms with Crippen LogP contribution in [-0.2, 0) is 6.61 Å². The second-order valence-electron chi connectivity index (χ2n) is 2.79. The molecule has 4 heteroatoms. The van der Waals surface area contributed by atoms with E-state index in [0.717, 1.165) is 0 Å². The van der Waals surface area contributed by atoms with E-state index < -0.39 is 5.82 Å². The van der Waals surface area contributed by atoms with Gasteiger partial charge in [0.2, 0.25) is 0 Å². The minimum absolute atomic E-state index is 0.125. The Morgan fingerprint density at radius 3 is 3.07 bits per heavy atom. The number of hydrogen-bond acceptors (Lipinski definition) is 2. The van der Waals surface area contributed by atoms with Gasteiger partial charge in [-0.2, -0.15) is 5.10 Å². The first-order valence-electron chi connectivity index (χ1n) is 4.12. The van der Waals surface area contributed by atoms with E-state index in [4.69, 9.17) is 5.11 Å². The largest absolute Gasteiger partial charge is 0.390 e. The summed E-state index contributed by atoms with van der Waals surface area (Å²) in [6, 6.07) is 8.54. The third-order valence-electron chi connectivity index (χ3n) is 1.88. The maximum absolute atomic E-state index is 12.8. The number of halogens is 1. The number of nitrogens with zero attached hydrogens (tertiary/aromatic N) is 2. The van der Waals surface area contributed by atoms with Gasteiger partial charge in [0.25, 0.3) is 0 Å². The van der Waals surface area contributed by atoms with Gasteiger partial charge in [0.1, 0.15) is 5.82 Å². The van der Waals surface area contributed by atoms with Gasteiger partial charge in [0.05, 0.1) is 18.0 Å². The molecule has 2 aromatic rings. The van der Waals surface area contributed by atoms with Gasteiger partial charge < -0.3 is 5.11 Å². The molecule has 0 spiro atoms. The van der Waals surface area contributed by atoms with Gasteiger partial charge in [0.15, 0.2) is 0 Å². The standard InChI is InChI=1S/C10H8FN2O/c11-8-2-1-3-9(6-8)13-10(7-14)4-5-12-13/h1,3-6,14H,7H2. The zero-order valence-electron chi connectivity index (χ0n) is 7.31. The molecule has 1 heterocycles. The van der Waals surface area contributed by atoms with E-state index in [1.807, 2.05) is 0 Å². The lowest BCUT2D eigenvalue weighted by molar-refractivity contribution is 0.273. The van der Waals surface area contributed by atoms with Crippen molar-refractivity contribution in [3.63, 3.8) is 0 Å². The molecule has 2 rings (SSSR count). The summed E-state index contributed by atoms with van der Waals surface area (Å²) in [4.78, 5) is 0. The Morgan fingerprint density at radius 2 is 2.36 bits per heavy atom. The van der Waals surface area contributed by atoms with Crippen molar-refractivity contribution in [2.24, 2.45) is 0 Å². The van der Waals surface area contributed by atoms with Crippen LogP contribution >= 0.6 is 0 Å². The average Bonchev–Trinajstić information content (AvgIpc) is 2.65. The highest BCUT2D eigenvalue weighted by molar-refractivity contribution is 5.32. The van der Waals surface area contributed by atoms with E-state index >= 15 is 0 Å². The van der Waals surface area contributed by atoms with E-state index in [2.05, 4.69) is 11.2 Å². The van der Waals surface area contributed by atoms with E-state index in [-0.39, 0.29) is 6.61 Å². The Hall–Kier alpha value is -1.68. The summed E-state index contributed by atoms with van der Waals surface area (Å²) >= 11 is 0. The van der Waals surface area contributed by atoms with E-state index in [1.54, 1.807) is 18.3 Å². The highest BCUT2D eigenvalue weighted by Gasteiger charge is 2.03. The molecule has 1 radical (unpaired) electrons. The van der Waals surface area contributed by atoms with Crippen LogP contribution in [0.1, 0.15) is 5.69 Å². The maximum atomic E-state index is 12.8. The molecule has 3 nitrogen and oxygen atoms in total. The molecule has 1 N–H and O–H groups in total.